The van der Waals surface area contributed by atoms with E-state index >= 15 is 0 Å². The largest absolute Gasteiger partial charge is 0.376 e. The third-order valence-electron chi connectivity index (χ3n) is 5.59. The maximum Gasteiger partial charge on any atom is 0.207 e. The summed E-state index contributed by atoms with van der Waals surface area (Å²) in [5.41, 5.74) is -10.6. The zero-order valence-electron chi connectivity index (χ0n) is 16.2. The molecule has 13 heteroatoms. The van der Waals surface area contributed by atoms with E-state index in [2.05, 4.69) is 20.9 Å². The van der Waals surface area contributed by atoms with E-state index in [1.807, 2.05) is 0 Å². The molecule has 0 aliphatic carbocycles. The molecule has 1 fully saturated rings. The SMILES string of the molecule is CC(=O)[C@@]1(O)[C@@](O)(C(C)=O)CO[C@@H](n2c(Br)nc3cc(Cl)c(F)c(F)c32)[C@@]1(O)C(C)=O. The standard InChI is InChI=1S/C18H16BrClF2N2O7/c1-6(25)16(28)5-31-14(17(29,7(2)26)18(16,30)8(3)27)24-13-10(23-15(24)19)4-9(20)11(21)12(13)22/h4,14,28-30H,5H2,1-3H3/t14-,16+,17+,18-/m1/s1. The van der Waals surface area contributed by atoms with E-state index in [1.54, 1.807) is 0 Å². The third-order valence-corrected chi connectivity index (χ3v) is 6.42. The molecule has 4 atom stereocenters. The predicted octanol–water partition coefficient (Wildman–Crippen LogP) is 1.22. The normalized spacial score (nSPS) is 31.1. The van der Waals surface area contributed by atoms with Crippen molar-refractivity contribution < 1.29 is 43.2 Å². The van der Waals surface area contributed by atoms with Crippen LogP contribution in [0.15, 0.2) is 10.8 Å². The molecule has 1 aromatic heterocycles. The summed E-state index contributed by atoms with van der Waals surface area (Å²) in [5, 5.41) is 32.8. The smallest absolute Gasteiger partial charge is 0.207 e. The van der Waals surface area contributed by atoms with Gasteiger partial charge in [0.05, 0.1) is 17.1 Å². The molecule has 1 aliphatic heterocycles. The summed E-state index contributed by atoms with van der Waals surface area (Å²) in [6.45, 7) is 1.25. The second-order valence-corrected chi connectivity index (χ2v) is 8.39. The van der Waals surface area contributed by atoms with Crippen LogP contribution >= 0.6 is 27.5 Å². The minimum atomic E-state index is -3.40. The molecule has 0 unspecified atom stereocenters. The lowest BCUT2D eigenvalue weighted by Gasteiger charge is -2.55. The number of benzene rings is 1. The summed E-state index contributed by atoms with van der Waals surface area (Å²) in [6.07, 6.45) is -2.12. The summed E-state index contributed by atoms with van der Waals surface area (Å²) in [6, 6.07) is 0.968. The number of aromatic nitrogens is 2. The number of halogens is 4. The lowest BCUT2D eigenvalue weighted by Crippen LogP contribution is -2.82. The van der Waals surface area contributed by atoms with Crippen LogP contribution in [0.1, 0.15) is 27.0 Å². The molecule has 2 heterocycles. The quantitative estimate of drug-likeness (QED) is 0.507. The highest BCUT2D eigenvalue weighted by Crippen LogP contribution is 2.49. The van der Waals surface area contributed by atoms with E-state index in [-0.39, 0.29) is 10.3 Å². The van der Waals surface area contributed by atoms with Crippen molar-refractivity contribution in [3.8, 4) is 0 Å². The molecule has 1 aliphatic rings. The topological polar surface area (TPSA) is 139 Å². The maximum absolute atomic E-state index is 14.8. The van der Waals surface area contributed by atoms with E-state index in [9.17, 15) is 38.5 Å². The Morgan fingerprint density at radius 2 is 1.74 bits per heavy atom. The Morgan fingerprint density at radius 3 is 2.23 bits per heavy atom. The van der Waals surface area contributed by atoms with Crippen LogP contribution in [0.3, 0.4) is 0 Å². The molecule has 0 bridgehead atoms. The van der Waals surface area contributed by atoms with Crippen molar-refractivity contribution in [2.24, 2.45) is 0 Å². The number of ether oxygens (including phenoxy) is 1. The van der Waals surface area contributed by atoms with Crippen LogP contribution in [-0.2, 0) is 19.1 Å². The van der Waals surface area contributed by atoms with Crippen LogP contribution in [0, 0.1) is 11.6 Å². The molecule has 0 spiro atoms. The number of aliphatic hydroxyl groups is 3. The van der Waals surface area contributed by atoms with Crippen molar-refractivity contribution in [1.82, 2.24) is 9.55 Å². The summed E-state index contributed by atoms with van der Waals surface area (Å²) in [7, 11) is 0. The van der Waals surface area contributed by atoms with Gasteiger partial charge in [0.25, 0.3) is 0 Å². The summed E-state index contributed by atoms with van der Waals surface area (Å²) >= 11 is 8.62. The van der Waals surface area contributed by atoms with Gasteiger partial charge in [-0.15, -0.1) is 0 Å². The molecule has 0 radical (unpaired) electrons. The fourth-order valence-electron chi connectivity index (χ4n) is 3.87. The number of nitrogens with zero attached hydrogens (tertiary/aromatic N) is 2. The van der Waals surface area contributed by atoms with Crippen molar-refractivity contribution in [3.63, 3.8) is 0 Å². The van der Waals surface area contributed by atoms with Gasteiger partial charge < -0.3 is 20.1 Å². The lowest BCUT2D eigenvalue weighted by molar-refractivity contribution is -0.310. The Balaban J connectivity index is 2.42. The zero-order chi connectivity index (χ0) is 23.7. The Bertz CT molecular complexity index is 1160. The van der Waals surface area contributed by atoms with Crippen molar-refractivity contribution in [2.45, 2.75) is 43.8 Å². The molecular formula is C18H16BrClF2N2O7. The van der Waals surface area contributed by atoms with Gasteiger partial charge in [0.15, 0.2) is 45.5 Å². The van der Waals surface area contributed by atoms with E-state index in [0.717, 1.165) is 26.8 Å². The molecule has 0 saturated carbocycles. The number of carbonyl (C=O) groups excluding carboxylic acids is 3. The Kier molecular flexibility index (Phi) is 5.65. The highest BCUT2D eigenvalue weighted by atomic mass is 79.9. The first kappa shape index (κ1) is 23.8. The van der Waals surface area contributed by atoms with Gasteiger partial charge in [0.1, 0.15) is 5.52 Å². The highest BCUT2D eigenvalue weighted by Gasteiger charge is 2.76. The fraction of sp³-hybridized carbons (Fsp3) is 0.444. The van der Waals surface area contributed by atoms with Crippen LogP contribution in [0.2, 0.25) is 5.02 Å². The minimum Gasteiger partial charge on any atom is -0.376 e. The second-order valence-electron chi connectivity index (χ2n) is 7.27. The Labute approximate surface area is 186 Å². The van der Waals surface area contributed by atoms with E-state index < -0.39 is 69.2 Å². The number of ketones is 3. The lowest BCUT2D eigenvalue weighted by atomic mass is 9.63. The molecule has 3 N–H and O–H groups in total. The molecule has 3 rings (SSSR count). The number of imidazole rings is 1. The summed E-state index contributed by atoms with van der Waals surface area (Å²) in [4.78, 5) is 41.2. The average Bonchev–Trinajstić information content (AvgIpc) is 2.99. The van der Waals surface area contributed by atoms with Gasteiger partial charge in [-0.2, -0.15) is 0 Å². The van der Waals surface area contributed by atoms with Crippen LogP contribution < -0.4 is 0 Å². The maximum atomic E-state index is 14.8. The van der Waals surface area contributed by atoms with Crippen LogP contribution in [-0.4, -0.2) is 65.6 Å². The molecule has 1 saturated heterocycles. The predicted molar refractivity (Wildman–Crippen MR) is 104 cm³/mol. The van der Waals surface area contributed by atoms with Crippen LogP contribution in [0.5, 0.6) is 0 Å². The molecule has 168 valence electrons. The first-order valence-electron chi connectivity index (χ1n) is 8.69. The highest BCUT2D eigenvalue weighted by molar-refractivity contribution is 9.10. The number of fused-ring (bicyclic) bond motifs is 1. The first-order chi connectivity index (χ1) is 14.2. The number of hydrogen-bond donors (Lipinski definition) is 3. The van der Waals surface area contributed by atoms with Gasteiger partial charge in [-0.1, -0.05) is 11.6 Å². The Morgan fingerprint density at radius 1 is 1.16 bits per heavy atom. The molecule has 31 heavy (non-hydrogen) atoms. The van der Waals surface area contributed by atoms with Gasteiger partial charge >= 0.3 is 0 Å². The van der Waals surface area contributed by atoms with Gasteiger partial charge in [0.2, 0.25) is 11.2 Å². The van der Waals surface area contributed by atoms with Crippen molar-refractivity contribution >= 4 is 55.9 Å². The fourth-order valence-corrected chi connectivity index (χ4v) is 4.61. The summed E-state index contributed by atoms with van der Waals surface area (Å²) < 4.78 is 34.7. The monoisotopic (exact) mass is 524 g/mol. The number of rotatable bonds is 4. The van der Waals surface area contributed by atoms with Gasteiger partial charge in [0, 0.05) is 0 Å². The van der Waals surface area contributed by atoms with Gasteiger partial charge in [-0.3, -0.25) is 19.0 Å². The first-order valence-corrected chi connectivity index (χ1v) is 9.86. The Hall–Kier alpha value is -1.83. The second kappa shape index (κ2) is 7.36. The molecule has 9 nitrogen and oxygen atoms in total. The van der Waals surface area contributed by atoms with Gasteiger partial charge in [-0.05, 0) is 42.8 Å². The van der Waals surface area contributed by atoms with E-state index in [1.165, 1.54) is 0 Å². The molecule has 2 aromatic rings. The molecule has 1 aromatic carbocycles. The van der Waals surface area contributed by atoms with Crippen LogP contribution in [0.4, 0.5) is 8.78 Å². The number of hydrogen-bond acceptors (Lipinski definition) is 8. The number of Topliss-reactive ketones (excluding diaryl/α,β-unsaturated/α-hetero) is 3. The molecular weight excluding hydrogens is 510 g/mol. The van der Waals surface area contributed by atoms with Crippen LogP contribution in [0.25, 0.3) is 11.0 Å². The number of carbonyl (C=O) groups is 3. The van der Waals surface area contributed by atoms with Crippen molar-refractivity contribution in [3.05, 3.63) is 27.5 Å². The third kappa shape index (κ3) is 2.86. The van der Waals surface area contributed by atoms with E-state index in [0.29, 0.717) is 4.57 Å². The molecule has 0 amide bonds. The average molecular weight is 526 g/mol. The van der Waals surface area contributed by atoms with E-state index in [4.69, 9.17) is 16.3 Å². The van der Waals surface area contributed by atoms with Gasteiger partial charge in [-0.25, -0.2) is 13.8 Å². The minimum absolute atomic E-state index is 0.218. The van der Waals surface area contributed by atoms with Crippen molar-refractivity contribution in [2.75, 3.05) is 6.61 Å². The summed E-state index contributed by atoms with van der Waals surface area (Å²) in [5.74, 6) is -6.81. The van der Waals surface area contributed by atoms with Crippen molar-refractivity contribution in [1.29, 1.82) is 0 Å². The zero-order valence-corrected chi connectivity index (χ0v) is 18.6.